The van der Waals surface area contributed by atoms with Gasteiger partial charge in [-0.3, -0.25) is 4.79 Å². The van der Waals surface area contributed by atoms with Gasteiger partial charge in [-0.2, -0.15) is 0 Å². The molecule has 0 bridgehead atoms. The van der Waals surface area contributed by atoms with Gasteiger partial charge in [0, 0.05) is 11.9 Å². The summed E-state index contributed by atoms with van der Waals surface area (Å²) >= 11 is 14.4. The average Bonchev–Trinajstić information content (AvgIpc) is 2.67. The van der Waals surface area contributed by atoms with E-state index >= 15 is 0 Å². The molecule has 0 unspecified atom stereocenters. The van der Waals surface area contributed by atoms with E-state index in [-0.39, 0.29) is 5.91 Å². The summed E-state index contributed by atoms with van der Waals surface area (Å²) in [5.41, 5.74) is 0.706. The minimum atomic E-state index is -0.00294. The van der Waals surface area contributed by atoms with Crippen LogP contribution in [-0.2, 0) is 0 Å². The van der Waals surface area contributed by atoms with Gasteiger partial charge in [0.15, 0.2) is 0 Å². The lowest BCUT2D eigenvalue weighted by Crippen LogP contribution is -2.31. The van der Waals surface area contributed by atoms with Crippen molar-refractivity contribution < 1.29 is 4.79 Å². The van der Waals surface area contributed by atoms with Crippen LogP contribution in [0.1, 0.15) is 36.0 Å². The maximum Gasteiger partial charge on any atom is 0.253 e. The van der Waals surface area contributed by atoms with Crippen LogP contribution in [0.2, 0.25) is 0 Å². The summed E-state index contributed by atoms with van der Waals surface area (Å²) in [7, 11) is 0. The number of amides is 1. The predicted octanol–water partition coefficient (Wildman–Crippen LogP) is 4.80. The highest BCUT2D eigenvalue weighted by molar-refractivity contribution is 9.12. The first kappa shape index (κ1) is 14.8. The number of carbonyl (C=O) groups is 1. The summed E-state index contributed by atoms with van der Waals surface area (Å²) in [5, 5.41) is 3.34. The number of hydrogen-bond donors (Lipinski definition) is 1. The van der Waals surface area contributed by atoms with Gasteiger partial charge in [0.25, 0.3) is 5.91 Å². The van der Waals surface area contributed by atoms with Crippen LogP contribution in [0.15, 0.2) is 13.6 Å². The van der Waals surface area contributed by atoms with Crippen molar-refractivity contribution in [2.45, 2.75) is 31.1 Å². The number of alkyl halides is 1. The second-order valence-electron chi connectivity index (χ2n) is 4.57. The molecule has 6 heteroatoms. The summed E-state index contributed by atoms with van der Waals surface area (Å²) in [4.78, 5) is 12.0. The zero-order chi connectivity index (χ0) is 13.1. The van der Waals surface area contributed by atoms with Gasteiger partial charge in [-0.15, -0.1) is 22.9 Å². The van der Waals surface area contributed by atoms with Gasteiger partial charge in [-0.1, -0.05) is 0 Å². The van der Waals surface area contributed by atoms with Gasteiger partial charge in [0.1, 0.15) is 0 Å². The molecule has 1 N–H and O–H groups in total. The minimum absolute atomic E-state index is 0.00294. The van der Waals surface area contributed by atoms with Crippen LogP contribution >= 0.6 is 54.8 Å². The number of nitrogens with one attached hydrogen (secondary N) is 1. The van der Waals surface area contributed by atoms with Crippen LogP contribution in [0, 0.1) is 5.92 Å². The molecule has 1 aromatic heterocycles. The maximum atomic E-state index is 12.0. The summed E-state index contributed by atoms with van der Waals surface area (Å²) in [6.07, 6.45) is 4.36. The van der Waals surface area contributed by atoms with Crippen LogP contribution in [0.5, 0.6) is 0 Å². The molecule has 0 saturated heterocycles. The summed E-state index contributed by atoms with van der Waals surface area (Å²) in [6, 6.07) is 1.85. The highest BCUT2D eigenvalue weighted by Gasteiger charge is 2.21. The van der Waals surface area contributed by atoms with E-state index in [9.17, 15) is 4.79 Å². The van der Waals surface area contributed by atoms with Crippen molar-refractivity contribution >= 4 is 60.7 Å². The van der Waals surface area contributed by atoms with Crippen molar-refractivity contribution in [2.75, 3.05) is 6.54 Å². The van der Waals surface area contributed by atoms with E-state index in [0.717, 1.165) is 39.8 Å². The summed E-state index contributed by atoms with van der Waals surface area (Å²) in [5.74, 6) is 0.571. The fourth-order valence-corrected chi connectivity index (χ4v) is 5.20. The number of rotatable bonds is 3. The molecular formula is C12H14Br2ClNOS. The molecule has 0 aliphatic heterocycles. The van der Waals surface area contributed by atoms with Gasteiger partial charge in [0.2, 0.25) is 0 Å². The third-order valence-electron chi connectivity index (χ3n) is 3.23. The van der Waals surface area contributed by atoms with Crippen molar-refractivity contribution in [3.8, 4) is 0 Å². The molecule has 0 aromatic carbocycles. The standard InChI is InChI=1S/C12H14Br2ClNOS/c13-10-5-9(11(14)18-10)12(17)16-6-7-1-3-8(15)4-2-7/h5,7-8H,1-4,6H2,(H,16,17). The van der Waals surface area contributed by atoms with E-state index in [4.69, 9.17) is 11.6 Å². The highest BCUT2D eigenvalue weighted by Crippen LogP contribution is 2.32. The lowest BCUT2D eigenvalue weighted by Gasteiger charge is -2.24. The molecule has 100 valence electrons. The first-order chi connectivity index (χ1) is 8.56. The lowest BCUT2D eigenvalue weighted by atomic mass is 9.89. The van der Waals surface area contributed by atoms with Crippen LogP contribution < -0.4 is 5.32 Å². The van der Waals surface area contributed by atoms with E-state index in [0.29, 0.717) is 16.9 Å². The third kappa shape index (κ3) is 3.95. The van der Waals surface area contributed by atoms with E-state index < -0.39 is 0 Å². The number of carbonyl (C=O) groups excluding carboxylic acids is 1. The number of hydrogen-bond acceptors (Lipinski definition) is 2. The molecule has 1 fully saturated rings. The molecule has 1 amide bonds. The quantitative estimate of drug-likeness (QED) is 0.706. The van der Waals surface area contributed by atoms with Crippen molar-refractivity contribution in [1.82, 2.24) is 5.32 Å². The van der Waals surface area contributed by atoms with Gasteiger partial charge >= 0.3 is 0 Å². The Morgan fingerprint density at radius 1 is 1.39 bits per heavy atom. The molecular weight excluding hydrogens is 401 g/mol. The molecule has 1 heterocycles. The molecule has 2 nitrogen and oxygen atoms in total. The van der Waals surface area contributed by atoms with E-state index in [1.54, 1.807) is 0 Å². The Morgan fingerprint density at radius 3 is 2.61 bits per heavy atom. The van der Waals surface area contributed by atoms with Gasteiger partial charge in [-0.05, 0) is 69.5 Å². The molecule has 0 radical (unpaired) electrons. The largest absolute Gasteiger partial charge is 0.352 e. The molecule has 1 aliphatic carbocycles. The van der Waals surface area contributed by atoms with E-state index in [2.05, 4.69) is 37.2 Å². The highest BCUT2D eigenvalue weighted by atomic mass is 79.9. The Kier molecular flexibility index (Phi) is 5.54. The fourth-order valence-electron chi connectivity index (χ4n) is 2.15. The number of halogens is 3. The predicted molar refractivity (Wildman–Crippen MR) is 83.7 cm³/mol. The molecule has 1 aliphatic rings. The Labute approximate surface area is 133 Å². The monoisotopic (exact) mass is 413 g/mol. The van der Waals surface area contributed by atoms with Crippen LogP contribution in [0.25, 0.3) is 0 Å². The van der Waals surface area contributed by atoms with E-state index in [1.807, 2.05) is 6.07 Å². The van der Waals surface area contributed by atoms with Gasteiger partial charge < -0.3 is 5.32 Å². The third-order valence-corrected chi connectivity index (χ3v) is 6.00. The van der Waals surface area contributed by atoms with E-state index in [1.165, 1.54) is 11.3 Å². The molecule has 1 saturated carbocycles. The van der Waals surface area contributed by atoms with Crippen LogP contribution in [0.3, 0.4) is 0 Å². The topological polar surface area (TPSA) is 29.1 Å². The van der Waals surface area contributed by atoms with Crippen molar-refractivity contribution in [3.05, 3.63) is 19.2 Å². The lowest BCUT2D eigenvalue weighted by molar-refractivity contribution is 0.0943. The van der Waals surface area contributed by atoms with Crippen molar-refractivity contribution in [1.29, 1.82) is 0 Å². The summed E-state index contributed by atoms with van der Waals surface area (Å²) in [6.45, 7) is 0.752. The summed E-state index contributed by atoms with van der Waals surface area (Å²) < 4.78 is 1.83. The average molecular weight is 416 g/mol. The fraction of sp³-hybridized carbons (Fsp3) is 0.583. The maximum absolute atomic E-state index is 12.0. The zero-order valence-electron chi connectivity index (χ0n) is 9.72. The van der Waals surface area contributed by atoms with Crippen molar-refractivity contribution in [2.24, 2.45) is 5.92 Å². The molecule has 1 aromatic rings. The van der Waals surface area contributed by atoms with Crippen LogP contribution in [0.4, 0.5) is 0 Å². The molecule has 0 spiro atoms. The Hall–Kier alpha value is 0.420. The first-order valence-electron chi connectivity index (χ1n) is 5.93. The smallest absolute Gasteiger partial charge is 0.253 e. The van der Waals surface area contributed by atoms with Crippen molar-refractivity contribution in [3.63, 3.8) is 0 Å². The van der Waals surface area contributed by atoms with Crippen LogP contribution in [-0.4, -0.2) is 17.8 Å². The Morgan fingerprint density at radius 2 is 2.06 bits per heavy atom. The second kappa shape index (κ2) is 6.73. The minimum Gasteiger partial charge on any atom is -0.352 e. The number of thiophene rings is 1. The first-order valence-corrected chi connectivity index (χ1v) is 8.77. The molecule has 0 atom stereocenters. The Bertz CT molecular complexity index is 430. The molecule has 2 rings (SSSR count). The van der Waals surface area contributed by atoms with Gasteiger partial charge in [-0.25, -0.2) is 0 Å². The zero-order valence-corrected chi connectivity index (χ0v) is 14.5. The second-order valence-corrected chi connectivity index (χ2v) is 8.93. The molecule has 18 heavy (non-hydrogen) atoms. The normalized spacial score (nSPS) is 23.9. The SMILES string of the molecule is O=C(NCC1CCC(Cl)CC1)c1cc(Br)sc1Br. The Balaban J connectivity index is 1.83. The van der Waals surface area contributed by atoms with Gasteiger partial charge in [0.05, 0.1) is 13.1 Å².